The third kappa shape index (κ3) is 4.08. The number of anilines is 1. The first-order chi connectivity index (χ1) is 11.7. The second-order valence-corrected chi connectivity index (χ2v) is 6.92. The topological polar surface area (TPSA) is 44.8 Å². The van der Waals surface area contributed by atoms with E-state index < -0.39 is 0 Å². The zero-order valence-electron chi connectivity index (χ0n) is 14.8. The molecule has 0 saturated carbocycles. The van der Waals surface area contributed by atoms with Crippen molar-refractivity contribution in [1.82, 2.24) is 10.2 Å². The van der Waals surface area contributed by atoms with E-state index in [9.17, 15) is 4.79 Å². The summed E-state index contributed by atoms with van der Waals surface area (Å²) in [4.78, 5) is 17.0. The fraction of sp³-hybridized carbons (Fsp3) is 0.632. The average molecular weight is 331 g/mol. The number of rotatable bonds is 6. The van der Waals surface area contributed by atoms with Crippen LogP contribution in [0.5, 0.6) is 0 Å². The molecule has 3 rings (SSSR count). The van der Waals surface area contributed by atoms with Gasteiger partial charge in [-0.2, -0.15) is 0 Å². The number of hydrogen-bond acceptors (Lipinski definition) is 4. The number of ether oxygens (including phenoxy) is 1. The second kappa shape index (κ2) is 7.99. The summed E-state index contributed by atoms with van der Waals surface area (Å²) in [5.74, 6) is -0.0214. The summed E-state index contributed by atoms with van der Waals surface area (Å²) in [6.07, 6.45) is 3.74. The number of morpholine rings is 1. The second-order valence-electron chi connectivity index (χ2n) is 6.92. The molecular weight excluding hydrogens is 302 g/mol. The number of hydrogen-bond donors (Lipinski definition) is 1. The molecule has 0 aromatic heterocycles. The fourth-order valence-electron chi connectivity index (χ4n) is 3.65. The lowest BCUT2D eigenvalue weighted by atomic mass is 10.1. The number of carbonyl (C=O) groups excluding carboxylic acids is 1. The average Bonchev–Trinajstić information content (AvgIpc) is 3.07. The molecule has 1 aromatic rings. The first-order valence-electron chi connectivity index (χ1n) is 9.12. The van der Waals surface area contributed by atoms with Crippen molar-refractivity contribution < 1.29 is 9.53 Å². The molecule has 2 saturated heterocycles. The van der Waals surface area contributed by atoms with Crippen LogP contribution in [0.2, 0.25) is 0 Å². The van der Waals surface area contributed by atoms with Crippen LogP contribution in [0, 0.1) is 0 Å². The van der Waals surface area contributed by atoms with Gasteiger partial charge < -0.3 is 15.0 Å². The van der Waals surface area contributed by atoms with Crippen molar-refractivity contribution in [2.45, 2.75) is 38.3 Å². The van der Waals surface area contributed by atoms with Crippen molar-refractivity contribution in [3.05, 3.63) is 29.8 Å². The van der Waals surface area contributed by atoms with Gasteiger partial charge in [0.05, 0.1) is 12.7 Å². The summed E-state index contributed by atoms with van der Waals surface area (Å²) in [5.41, 5.74) is 1.85. The predicted molar refractivity (Wildman–Crippen MR) is 96.7 cm³/mol. The minimum atomic E-state index is -0.0214. The van der Waals surface area contributed by atoms with Crippen LogP contribution in [0.15, 0.2) is 24.3 Å². The van der Waals surface area contributed by atoms with Crippen molar-refractivity contribution in [3.8, 4) is 0 Å². The summed E-state index contributed by atoms with van der Waals surface area (Å²) in [6.45, 7) is 6.67. The Morgan fingerprint density at radius 3 is 2.92 bits per heavy atom. The molecule has 0 radical (unpaired) electrons. The summed E-state index contributed by atoms with van der Waals surface area (Å²) in [5, 5.41) is 3.02. The van der Waals surface area contributed by atoms with Crippen LogP contribution in [0.25, 0.3) is 0 Å². The molecule has 0 bridgehead atoms. The van der Waals surface area contributed by atoms with Crippen molar-refractivity contribution >= 4 is 11.6 Å². The van der Waals surface area contributed by atoms with Crippen LogP contribution < -0.4 is 10.2 Å². The number of nitrogens with zero attached hydrogens (tertiary/aromatic N) is 2. The smallest absolute Gasteiger partial charge is 0.251 e. The monoisotopic (exact) mass is 331 g/mol. The normalized spacial score (nSPS) is 23.8. The van der Waals surface area contributed by atoms with E-state index in [2.05, 4.69) is 29.1 Å². The molecule has 2 heterocycles. The number of amides is 1. The molecule has 1 aromatic carbocycles. The minimum absolute atomic E-state index is 0.0214. The Balaban J connectivity index is 1.48. The Bertz CT molecular complexity index is 546. The van der Waals surface area contributed by atoms with Crippen molar-refractivity contribution in [2.75, 3.05) is 44.7 Å². The molecule has 2 fully saturated rings. The summed E-state index contributed by atoms with van der Waals surface area (Å²) in [6, 6.07) is 8.42. The third-order valence-corrected chi connectivity index (χ3v) is 5.08. The lowest BCUT2D eigenvalue weighted by molar-refractivity contribution is -0.0461. The minimum Gasteiger partial charge on any atom is -0.375 e. The van der Waals surface area contributed by atoms with E-state index in [1.807, 2.05) is 24.3 Å². The Morgan fingerprint density at radius 2 is 2.17 bits per heavy atom. The van der Waals surface area contributed by atoms with Gasteiger partial charge in [-0.1, -0.05) is 6.92 Å². The van der Waals surface area contributed by atoms with Crippen LogP contribution in [-0.4, -0.2) is 62.8 Å². The molecule has 0 spiro atoms. The Kier molecular flexibility index (Phi) is 5.74. The highest BCUT2D eigenvalue weighted by Crippen LogP contribution is 2.22. The zero-order chi connectivity index (χ0) is 16.9. The number of benzene rings is 1. The van der Waals surface area contributed by atoms with Gasteiger partial charge in [-0.3, -0.25) is 9.69 Å². The Hall–Kier alpha value is -1.59. The van der Waals surface area contributed by atoms with Crippen molar-refractivity contribution in [2.24, 2.45) is 0 Å². The van der Waals surface area contributed by atoms with Crippen molar-refractivity contribution in [1.29, 1.82) is 0 Å². The molecule has 24 heavy (non-hydrogen) atoms. The van der Waals surface area contributed by atoms with Gasteiger partial charge >= 0.3 is 0 Å². The van der Waals surface area contributed by atoms with E-state index in [-0.39, 0.29) is 12.0 Å². The molecular formula is C19H29N3O2. The summed E-state index contributed by atoms with van der Waals surface area (Å²) >= 11 is 0. The maximum absolute atomic E-state index is 12.3. The molecule has 0 unspecified atom stereocenters. The van der Waals surface area contributed by atoms with Gasteiger partial charge in [-0.05, 0) is 50.1 Å². The highest BCUT2D eigenvalue weighted by molar-refractivity contribution is 5.94. The fourth-order valence-corrected chi connectivity index (χ4v) is 3.65. The molecule has 5 nitrogen and oxygen atoms in total. The van der Waals surface area contributed by atoms with Crippen LogP contribution in [-0.2, 0) is 4.74 Å². The van der Waals surface area contributed by atoms with Crippen LogP contribution in [0.3, 0.4) is 0 Å². The first kappa shape index (κ1) is 17.2. The van der Waals surface area contributed by atoms with E-state index in [4.69, 9.17) is 4.74 Å². The van der Waals surface area contributed by atoms with Crippen LogP contribution in [0.1, 0.15) is 36.5 Å². The van der Waals surface area contributed by atoms with Crippen molar-refractivity contribution in [3.63, 3.8) is 0 Å². The SMILES string of the molecule is CCCN(C)c1ccc(C(=O)NC[C@H]2CN3CCC[C@@H]3CO2)cc1. The number of fused-ring (bicyclic) bond motifs is 1. The molecule has 132 valence electrons. The standard InChI is InChI=1S/C19H29N3O2/c1-3-10-21(2)16-8-6-15(7-9-16)19(23)20-12-18-13-22-11-4-5-17(22)14-24-18/h6-9,17-18H,3-5,10-14H2,1-2H3,(H,20,23)/t17-,18+/m1/s1. The highest BCUT2D eigenvalue weighted by atomic mass is 16.5. The molecule has 1 N–H and O–H groups in total. The largest absolute Gasteiger partial charge is 0.375 e. The molecule has 2 aliphatic heterocycles. The highest BCUT2D eigenvalue weighted by Gasteiger charge is 2.32. The van der Waals surface area contributed by atoms with Gasteiger partial charge in [-0.15, -0.1) is 0 Å². The summed E-state index contributed by atoms with van der Waals surface area (Å²) in [7, 11) is 2.07. The molecule has 2 aliphatic rings. The third-order valence-electron chi connectivity index (χ3n) is 5.08. The molecule has 5 heteroatoms. The maximum Gasteiger partial charge on any atom is 0.251 e. The lowest BCUT2D eigenvalue weighted by Crippen LogP contribution is -2.50. The van der Waals surface area contributed by atoms with Gasteiger partial charge in [0.1, 0.15) is 0 Å². The van der Waals surface area contributed by atoms with Gasteiger partial charge in [0.2, 0.25) is 0 Å². The summed E-state index contributed by atoms with van der Waals surface area (Å²) < 4.78 is 5.89. The Labute approximate surface area is 145 Å². The molecule has 1 amide bonds. The predicted octanol–water partition coefficient (Wildman–Crippen LogP) is 2.13. The first-order valence-corrected chi connectivity index (χ1v) is 9.12. The quantitative estimate of drug-likeness (QED) is 0.867. The zero-order valence-corrected chi connectivity index (χ0v) is 14.8. The van der Waals surface area contributed by atoms with Gasteiger partial charge in [0.25, 0.3) is 5.91 Å². The van der Waals surface area contributed by atoms with E-state index in [1.165, 1.54) is 19.4 Å². The van der Waals surface area contributed by atoms with E-state index >= 15 is 0 Å². The van der Waals surface area contributed by atoms with E-state index in [0.717, 1.165) is 31.8 Å². The van der Waals surface area contributed by atoms with Gasteiger partial charge in [0.15, 0.2) is 0 Å². The van der Waals surface area contributed by atoms with E-state index in [1.54, 1.807) is 0 Å². The maximum atomic E-state index is 12.3. The number of carbonyl (C=O) groups is 1. The Morgan fingerprint density at radius 1 is 1.38 bits per heavy atom. The number of nitrogens with one attached hydrogen (secondary N) is 1. The van der Waals surface area contributed by atoms with Crippen LogP contribution in [0.4, 0.5) is 5.69 Å². The lowest BCUT2D eigenvalue weighted by Gasteiger charge is -2.35. The molecule has 2 atom stereocenters. The molecule has 0 aliphatic carbocycles. The van der Waals surface area contributed by atoms with Gasteiger partial charge in [0, 0.05) is 44.0 Å². The van der Waals surface area contributed by atoms with Gasteiger partial charge in [-0.25, -0.2) is 0 Å². The van der Waals surface area contributed by atoms with E-state index in [0.29, 0.717) is 18.2 Å². The van der Waals surface area contributed by atoms with Crippen LogP contribution >= 0.6 is 0 Å².